The lowest BCUT2D eigenvalue weighted by Crippen LogP contribution is -2.33. The van der Waals surface area contributed by atoms with Crippen LogP contribution in [-0.2, 0) is 11.3 Å². The zero-order chi connectivity index (χ0) is 27.5. The van der Waals surface area contributed by atoms with Crippen LogP contribution < -0.4 is 10.6 Å². The second-order valence-corrected chi connectivity index (χ2v) is 10.6. The van der Waals surface area contributed by atoms with Crippen LogP contribution >= 0.6 is 12.2 Å². The van der Waals surface area contributed by atoms with Crippen molar-refractivity contribution in [2.75, 3.05) is 11.9 Å². The zero-order valence-corrected chi connectivity index (χ0v) is 23.6. The molecule has 7 nitrogen and oxygen atoms in total. The molecule has 1 amide bonds. The summed E-state index contributed by atoms with van der Waals surface area (Å²) in [5, 5.41) is 7.23. The van der Waals surface area contributed by atoms with Gasteiger partial charge in [0.2, 0.25) is 5.91 Å². The third-order valence-electron chi connectivity index (χ3n) is 7.47. The molecule has 0 spiro atoms. The quantitative estimate of drug-likeness (QED) is 0.286. The number of carbonyl (C=O) groups excluding carboxylic acids is 1. The first-order valence-electron chi connectivity index (χ1n) is 13.2. The van der Waals surface area contributed by atoms with Crippen LogP contribution in [0.1, 0.15) is 57.8 Å². The number of anilines is 1. The number of amides is 1. The van der Waals surface area contributed by atoms with Gasteiger partial charge in [-0.3, -0.25) is 14.8 Å². The lowest BCUT2D eigenvalue weighted by molar-refractivity contribution is -0.116. The fourth-order valence-electron chi connectivity index (χ4n) is 5.33. The first-order valence-corrected chi connectivity index (χ1v) is 13.6. The molecule has 1 aromatic carbocycles. The molecule has 1 saturated heterocycles. The van der Waals surface area contributed by atoms with E-state index in [1.165, 1.54) is 22.5 Å². The second-order valence-electron chi connectivity index (χ2n) is 10.2. The number of benzene rings is 1. The summed E-state index contributed by atoms with van der Waals surface area (Å²) in [4.78, 5) is 24.0. The fourth-order valence-corrected chi connectivity index (χ4v) is 5.66. The SMILES string of the molecule is Cc1ccc(C)c(NC(=O)CCN2C(=S)NC(c3ccccn3)C2c2cc(C)n(Cc3ccncc3)c2C)c1. The van der Waals surface area contributed by atoms with Crippen LogP contribution in [0.25, 0.3) is 0 Å². The summed E-state index contributed by atoms with van der Waals surface area (Å²) in [6.45, 7) is 9.57. The van der Waals surface area contributed by atoms with Gasteiger partial charge in [0, 0.05) is 55.2 Å². The second kappa shape index (κ2) is 11.4. The number of hydrogen-bond acceptors (Lipinski definition) is 4. The fraction of sp³-hybridized carbons (Fsp3) is 0.290. The minimum Gasteiger partial charge on any atom is -0.352 e. The number of carbonyl (C=O) groups is 1. The Hall–Kier alpha value is -4.04. The third kappa shape index (κ3) is 5.71. The van der Waals surface area contributed by atoms with Gasteiger partial charge < -0.3 is 20.1 Å². The lowest BCUT2D eigenvalue weighted by atomic mass is 9.96. The van der Waals surface area contributed by atoms with Gasteiger partial charge in [-0.05, 0) is 98.6 Å². The van der Waals surface area contributed by atoms with Gasteiger partial charge in [0.05, 0.1) is 17.8 Å². The minimum absolute atomic E-state index is 0.0327. The molecule has 2 atom stereocenters. The predicted molar refractivity (Wildman–Crippen MR) is 159 cm³/mol. The van der Waals surface area contributed by atoms with Crippen molar-refractivity contribution in [3.05, 3.63) is 113 Å². The maximum atomic E-state index is 13.0. The van der Waals surface area contributed by atoms with Crippen molar-refractivity contribution in [2.24, 2.45) is 0 Å². The largest absolute Gasteiger partial charge is 0.352 e. The molecule has 2 N–H and O–H groups in total. The topological polar surface area (TPSA) is 75.1 Å². The molecule has 0 radical (unpaired) electrons. The van der Waals surface area contributed by atoms with Gasteiger partial charge in [-0.1, -0.05) is 18.2 Å². The van der Waals surface area contributed by atoms with E-state index >= 15 is 0 Å². The van der Waals surface area contributed by atoms with Crippen molar-refractivity contribution in [3.63, 3.8) is 0 Å². The van der Waals surface area contributed by atoms with Gasteiger partial charge in [-0.2, -0.15) is 0 Å². The Morgan fingerprint density at radius 1 is 1.03 bits per heavy atom. The molecule has 39 heavy (non-hydrogen) atoms. The maximum absolute atomic E-state index is 13.0. The molecule has 1 aliphatic heterocycles. The molecule has 4 aromatic rings. The Kier molecular flexibility index (Phi) is 7.74. The molecule has 0 saturated carbocycles. The minimum atomic E-state index is -0.129. The number of aryl methyl sites for hydroxylation is 3. The van der Waals surface area contributed by atoms with E-state index < -0.39 is 0 Å². The monoisotopic (exact) mass is 538 g/mol. The smallest absolute Gasteiger partial charge is 0.226 e. The number of rotatable bonds is 8. The van der Waals surface area contributed by atoms with E-state index in [9.17, 15) is 4.79 Å². The molecule has 1 aliphatic rings. The summed E-state index contributed by atoms with van der Waals surface area (Å²) < 4.78 is 2.33. The molecule has 0 aliphatic carbocycles. The molecule has 8 heteroatoms. The summed E-state index contributed by atoms with van der Waals surface area (Å²) in [5.74, 6) is -0.0327. The molecule has 2 unspecified atom stereocenters. The van der Waals surface area contributed by atoms with E-state index in [1.54, 1.807) is 0 Å². The van der Waals surface area contributed by atoms with Crippen LogP contribution in [-0.4, -0.2) is 37.0 Å². The van der Waals surface area contributed by atoms with Crippen molar-refractivity contribution in [2.45, 2.75) is 52.7 Å². The Morgan fingerprint density at radius 3 is 2.56 bits per heavy atom. The lowest BCUT2D eigenvalue weighted by Gasteiger charge is -2.28. The number of nitrogens with zero attached hydrogens (tertiary/aromatic N) is 4. The van der Waals surface area contributed by atoms with Crippen molar-refractivity contribution in [3.8, 4) is 0 Å². The number of hydrogen-bond donors (Lipinski definition) is 2. The predicted octanol–water partition coefficient (Wildman–Crippen LogP) is 5.56. The normalized spacial score (nSPS) is 16.8. The molecule has 4 heterocycles. The van der Waals surface area contributed by atoms with E-state index in [0.717, 1.165) is 29.1 Å². The van der Waals surface area contributed by atoms with Gasteiger partial charge in [-0.25, -0.2) is 0 Å². The summed E-state index contributed by atoms with van der Waals surface area (Å²) in [5.41, 5.74) is 8.65. The summed E-state index contributed by atoms with van der Waals surface area (Å²) in [6, 6.07) is 18.1. The van der Waals surface area contributed by atoms with Gasteiger partial charge >= 0.3 is 0 Å². The Bertz CT molecular complexity index is 1480. The average molecular weight is 539 g/mol. The van der Waals surface area contributed by atoms with Gasteiger partial charge in [-0.15, -0.1) is 0 Å². The van der Waals surface area contributed by atoms with E-state index in [0.29, 0.717) is 18.1 Å². The van der Waals surface area contributed by atoms with Crippen LogP contribution in [0, 0.1) is 27.7 Å². The first kappa shape index (κ1) is 26.6. The van der Waals surface area contributed by atoms with Crippen molar-refractivity contribution in [1.29, 1.82) is 0 Å². The zero-order valence-electron chi connectivity index (χ0n) is 22.8. The van der Waals surface area contributed by atoms with Gasteiger partial charge in [0.25, 0.3) is 0 Å². The molecule has 5 rings (SSSR count). The van der Waals surface area contributed by atoms with Crippen molar-refractivity contribution < 1.29 is 4.79 Å². The molecular formula is C31H34N6OS. The van der Waals surface area contributed by atoms with Crippen LogP contribution in [0.2, 0.25) is 0 Å². The van der Waals surface area contributed by atoms with E-state index in [2.05, 4.69) is 50.0 Å². The van der Waals surface area contributed by atoms with Crippen LogP contribution in [0.5, 0.6) is 0 Å². The molecular weight excluding hydrogens is 504 g/mol. The highest BCUT2D eigenvalue weighted by molar-refractivity contribution is 7.80. The number of pyridine rings is 2. The molecule has 1 fully saturated rings. The van der Waals surface area contributed by atoms with Crippen molar-refractivity contribution in [1.82, 2.24) is 24.8 Å². The average Bonchev–Trinajstić information content (AvgIpc) is 3.41. The third-order valence-corrected chi connectivity index (χ3v) is 7.82. The highest BCUT2D eigenvalue weighted by atomic mass is 32.1. The number of nitrogens with one attached hydrogen (secondary N) is 2. The number of thiocarbonyl (C=S) groups is 1. The number of aromatic nitrogens is 3. The van der Waals surface area contributed by atoms with Crippen LogP contribution in [0.3, 0.4) is 0 Å². The first-order chi connectivity index (χ1) is 18.8. The summed E-state index contributed by atoms with van der Waals surface area (Å²) in [7, 11) is 0. The van der Waals surface area contributed by atoms with E-state index in [4.69, 9.17) is 12.2 Å². The molecule has 3 aromatic heterocycles. The van der Waals surface area contributed by atoms with Crippen LogP contribution in [0.4, 0.5) is 5.69 Å². The Balaban J connectivity index is 1.43. The molecule has 200 valence electrons. The summed E-state index contributed by atoms with van der Waals surface area (Å²) >= 11 is 5.84. The molecule has 0 bridgehead atoms. The van der Waals surface area contributed by atoms with E-state index in [1.807, 2.05) is 81.0 Å². The maximum Gasteiger partial charge on any atom is 0.226 e. The Labute approximate surface area is 235 Å². The van der Waals surface area contributed by atoms with Gasteiger partial charge in [0.15, 0.2) is 5.11 Å². The highest BCUT2D eigenvalue weighted by Gasteiger charge is 2.41. The Morgan fingerprint density at radius 2 is 1.82 bits per heavy atom. The van der Waals surface area contributed by atoms with Crippen molar-refractivity contribution >= 4 is 28.9 Å². The van der Waals surface area contributed by atoms with Gasteiger partial charge in [0.1, 0.15) is 0 Å². The van der Waals surface area contributed by atoms with E-state index in [-0.39, 0.29) is 18.0 Å². The van der Waals surface area contributed by atoms with Crippen LogP contribution in [0.15, 0.2) is 73.2 Å². The highest BCUT2D eigenvalue weighted by Crippen LogP contribution is 2.41. The summed E-state index contributed by atoms with van der Waals surface area (Å²) in [6.07, 6.45) is 5.78. The standard InChI is InChI=1S/C31H34N6OS/c1-20-8-9-21(2)27(17-20)34-28(38)12-16-36-30(29(35-31(36)39)26-7-5-6-13-33-26)25-18-22(3)37(23(25)4)19-24-10-14-32-15-11-24/h5-11,13-15,17-18,29-30H,12,16,19H2,1-4H3,(H,34,38)(H,35,39).